The maximum Gasteiger partial charge on any atom is 0.246 e. The second kappa shape index (κ2) is 14.1. The first kappa shape index (κ1) is 30.0. The summed E-state index contributed by atoms with van der Waals surface area (Å²) in [6, 6.07) is 17.1. The predicted molar refractivity (Wildman–Crippen MR) is 155 cm³/mol. The summed E-state index contributed by atoms with van der Waals surface area (Å²) in [6.45, 7) is 1.49. The summed E-state index contributed by atoms with van der Waals surface area (Å²) in [6.07, 6.45) is 6.80. The van der Waals surface area contributed by atoms with Gasteiger partial charge in [0.25, 0.3) is 0 Å². The van der Waals surface area contributed by atoms with Gasteiger partial charge in [-0.25, -0.2) is 8.42 Å². The fourth-order valence-corrected chi connectivity index (χ4v) is 7.70. The van der Waals surface area contributed by atoms with Gasteiger partial charge in [0.05, 0.1) is 11.0 Å². The van der Waals surface area contributed by atoms with E-state index < -0.39 is 10.0 Å². The molecular weight excluding hydrogens is 534 g/mol. The number of hydrogen-bond acceptors (Lipinski definition) is 5. The van der Waals surface area contributed by atoms with E-state index in [1.807, 2.05) is 12.1 Å². The second-order valence-corrected chi connectivity index (χ2v) is 13.5. The van der Waals surface area contributed by atoms with E-state index in [-0.39, 0.29) is 18.6 Å². The minimum absolute atomic E-state index is 0.0223. The predicted octanol–water partition coefficient (Wildman–Crippen LogP) is 5.13. The Hall–Kier alpha value is -1.97. The lowest BCUT2D eigenvalue weighted by Gasteiger charge is -2.37. The lowest BCUT2D eigenvalue weighted by molar-refractivity contribution is -0.128. The van der Waals surface area contributed by atoms with Crippen molar-refractivity contribution in [1.29, 1.82) is 0 Å². The average molecular weight is 576 g/mol. The van der Waals surface area contributed by atoms with Crippen LogP contribution in [0.25, 0.3) is 0 Å². The molecule has 4 rings (SSSR count). The van der Waals surface area contributed by atoms with Gasteiger partial charge in [0, 0.05) is 30.7 Å². The third kappa shape index (κ3) is 8.27. The van der Waals surface area contributed by atoms with Gasteiger partial charge < -0.3 is 15.0 Å². The molecule has 1 aliphatic heterocycles. The zero-order valence-electron chi connectivity index (χ0n) is 23.1. The van der Waals surface area contributed by atoms with Crippen LogP contribution >= 0.6 is 11.6 Å². The molecule has 1 heterocycles. The molecule has 0 spiro atoms. The summed E-state index contributed by atoms with van der Waals surface area (Å²) in [5.41, 5.74) is 1.32. The summed E-state index contributed by atoms with van der Waals surface area (Å²) < 4.78 is 32.9. The molecule has 1 aliphatic carbocycles. The third-order valence-corrected chi connectivity index (χ3v) is 10.4. The Labute approximate surface area is 238 Å². The summed E-state index contributed by atoms with van der Waals surface area (Å²) in [7, 11) is 0.827. The molecule has 2 aromatic carbocycles. The lowest BCUT2D eigenvalue weighted by atomic mass is 9.75. The Bertz CT molecular complexity index is 1140. The number of amides is 1. The van der Waals surface area contributed by atoms with Crippen LogP contribution in [0.2, 0.25) is 5.02 Å². The fraction of sp³-hybridized carbons (Fsp3) is 0.567. The maximum absolute atomic E-state index is 12.8. The molecule has 1 saturated carbocycles. The van der Waals surface area contributed by atoms with Gasteiger partial charge in [-0.05, 0) is 87.9 Å². The van der Waals surface area contributed by atoms with Crippen molar-refractivity contribution < 1.29 is 17.9 Å². The van der Waals surface area contributed by atoms with Gasteiger partial charge in [-0.15, -0.1) is 0 Å². The van der Waals surface area contributed by atoms with E-state index in [4.69, 9.17) is 16.3 Å². The molecular formula is C30H42ClN3O4S. The van der Waals surface area contributed by atoms with Crippen molar-refractivity contribution in [3.63, 3.8) is 0 Å². The largest absolute Gasteiger partial charge is 0.368 e. The molecule has 214 valence electrons. The number of piperidine rings is 1. The van der Waals surface area contributed by atoms with Gasteiger partial charge in [0.2, 0.25) is 15.9 Å². The monoisotopic (exact) mass is 575 g/mol. The third-order valence-electron chi connectivity index (χ3n) is 8.21. The van der Waals surface area contributed by atoms with Gasteiger partial charge >= 0.3 is 0 Å². The van der Waals surface area contributed by atoms with Crippen molar-refractivity contribution in [3.8, 4) is 0 Å². The van der Waals surface area contributed by atoms with Crippen molar-refractivity contribution in [3.05, 3.63) is 65.2 Å². The van der Waals surface area contributed by atoms with Gasteiger partial charge in [0.15, 0.2) is 0 Å². The molecule has 0 radical (unpaired) electrons. The standard InChI is InChI=1S/C30H42ClN3O4S/c1-33(2)30(25-12-14-26(31)15-13-25)24-10-8-23(9-11-24)16-19-32-29(35)22-38-27-17-20-34(21-18-27)39(36,37)28-6-4-3-5-7-28/h3-7,12-15,23-24,27,30H,8-11,16-22H2,1-2H3,(H,32,35). The Kier molecular flexibility index (Phi) is 10.8. The number of nitrogens with zero attached hydrogens (tertiary/aromatic N) is 2. The Balaban J connectivity index is 1.11. The first-order valence-electron chi connectivity index (χ1n) is 14.1. The van der Waals surface area contributed by atoms with E-state index in [9.17, 15) is 13.2 Å². The van der Waals surface area contributed by atoms with Crippen LogP contribution in [0, 0.1) is 11.8 Å². The van der Waals surface area contributed by atoms with Crippen LogP contribution in [0.4, 0.5) is 0 Å². The van der Waals surface area contributed by atoms with Crippen LogP contribution in [0.3, 0.4) is 0 Å². The van der Waals surface area contributed by atoms with E-state index in [2.05, 4.69) is 36.4 Å². The smallest absolute Gasteiger partial charge is 0.246 e. The quantitative estimate of drug-likeness (QED) is 0.402. The first-order chi connectivity index (χ1) is 18.7. The van der Waals surface area contributed by atoms with Gasteiger partial charge in [-0.2, -0.15) is 4.31 Å². The lowest BCUT2D eigenvalue weighted by Crippen LogP contribution is -2.41. The molecule has 1 unspecified atom stereocenters. The molecule has 0 bridgehead atoms. The number of carbonyl (C=O) groups is 1. The zero-order chi connectivity index (χ0) is 27.8. The highest BCUT2D eigenvalue weighted by Crippen LogP contribution is 2.40. The number of sulfonamides is 1. The Morgan fingerprint density at radius 1 is 1.00 bits per heavy atom. The van der Waals surface area contributed by atoms with Gasteiger partial charge in [-0.3, -0.25) is 4.79 Å². The highest BCUT2D eigenvalue weighted by Gasteiger charge is 2.31. The van der Waals surface area contributed by atoms with Crippen LogP contribution in [0.5, 0.6) is 0 Å². The number of halogens is 1. The highest BCUT2D eigenvalue weighted by atomic mass is 35.5. The first-order valence-corrected chi connectivity index (χ1v) is 15.9. The maximum atomic E-state index is 12.8. The van der Waals surface area contributed by atoms with Crippen LogP contribution < -0.4 is 5.32 Å². The van der Waals surface area contributed by atoms with Crippen LogP contribution in [0.1, 0.15) is 56.6 Å². The Morgan fingerprint density at radius 3 is 2.26 bits per heavy atom. The topological polar surface area (TPSA) is 79.0 Å². The minimum Gasteiger partial charge on any atom is -0.368 e. The molecule has 9 heteroatoms. The average Bonchev–Trinajstić information content (AvgIpc) is 2.94. The number of nitrogens with one attached hydrogen (secondary N) is 1. The van der Waals surface area contributed by atoms with Crippen molar-refractivity contribution in [1.82, 2.24) is 14.5 Å². The van der Waals surface area contributed by atoms with E-state index in [1.165, 1.54) is 35.6 Å². The summed E-state index contributed by atoms with van der Waals surface area (Å²) in [4.78, 5) is 15.0. The van der Waals surface area contributed by atoms with Crippen molar-refractivity contribution in [2.45, 2.75) is 62.0 Å². The molecule has 1 amide bonds. The van der Waals surface area contributed by atoms with Crippen molar-refractivity contribution >= 4 is 27.5 Å². The molecule has 39 heavy (non-hydrogen) atoms. The summed E-state index contributed by atoms with van der Waals surface area (Å²) in [5, 5.41) is 3.79. The number of carbonyl (C=O) groups excluding carboxylic acids is 1. The summed E-state index contributed by atoms with van der Waals surface area (Å²) >= 11 is 6.10. The molecule has 1 atom stereocenters. The van der Waals surface area contributed by atoms with Crippen molar-refractivity contribution in [2.24, 2.45) is 11.8 Å². The van der Waals surface area contributed by atoms with Crippen molar-refractivity contribution in [2.75, 3.05) is 40.3 Å². The number of benzene rings is 2. The molecule has 2 aromatic rings. The normalized spacial score (nSPS) is 22.1. The fourth-order valence-electron chi connectivity index (χ4n) is 6.09. The number of rotatable bonds is 11. The van der Waals surface area contributed by atoms with E-state index in [0.29, 0.717) is 55.2 Å². The molecule has 0 aromatic heterocycles. The molecule has 7 nitrogen and oxygen atoms in total. The molecule has 2 aliphatic rings. The molecule has 1 N–H and O–H groups in total. The summed E-state index contributed by atoms with van der Waals surface area (Å²) in [5.74, 6) is 1.15. The SMILES string of the molecule is CN(C)C(c1ccc(Cl)cc1)C1CCC(CCNC(=O)COC2CCN(S(=O)(=O)c3ccccc3)CC2)CC1. The van der Waals surface area contributed by atoms with E-state index in [0.717, 1.165) is 11.4 Å². The molecule has 1 saturated heterocycles. The van der Waals surface area contributed by atoms with E-state index >= 15 is 0 Å². The number of hydrogen-bond donors (Lipinski definition) is 1. The zero-order valence-corrected chi connectivity index (χ0v) is 24.7. The van der Waals surface area contributed by atoms with Crippen LogP contribution in [0.15, 0.2) is 59.5 Å². The van der Waals surface area contributed by atoms with E-state index in [1.54, 1.807) is 30.3 Å². The van der Waals surface area contributed by atoms with Gasteiger partial charge in [0.1, 0.15) is 6.61 Å². The minimum atomic E-state index is -3.48. The van der Waals surface area contributed by atoms with Gasteiger partial charge in [-0.1, -0.05) is 54.8 Å². The highest BCUT2D eigenvalue weighted by molar-refractivity contribution is 7.89. The second-order valence-electron chi connectivity index (χ2n) is 11.1. The Morgan fingerprint density at radius 2 is 1.64 bits per heavy atom. The van der Waals surface area contributed by atoms with Crippen LogP contribution in [-0.4, -0.2) is 70.0 Å². The molecule has 2 fully saturated rings. The number of ether oxygens (including phenoxy) is 1. The van der Waals surface area contributed by atoms with Crippen LogP contribution in [-0.2, 0) is 19.6 Å².